The van der Waals surface area contributed by atoms with E-state index in [9.17, 15) is 0 Å². The summed E-state index contributed by atoms with van der Waals surface area (Å²) in [5, 5.41) is 7.49. The number of hydrogen-bond donors (Lipinski definition) is 3. The van der Waals surface area contributed by atoms with Gasteiger partial charge in [-0.2, -0.15) is 0 Å². The lowest BCUT2D eigenvalue weighted by Gasteiger charge is -2.08. The highest BCUT2D eigenvalue weighted by molar-refractivity contribution is 5.80. The molecule has 0 amide bonds. The van der Waals surface area contributed by atoms with Crippen LogP contribution in [0.2, 0.25) is 0 Å². The molecule has 0 fully saturated rings. The van der Waals surface area contributed by atoms with Gasteiger partial charge in [-0.1, -0.05) is 18.2 Å². The van der Waals surface area contributed by atoms with Crippen LogP contribution in [0.15, 0.2) is 41.4 Å². The van der Waals surface area contributed by atoms with E-state index in [2.05, 4.69) is 32.7 Å². The molecule has 0 saturated carbocycles. The Kier molecular flexibility index (Phi) is 7.13. The first-order valence-corrected chi connectivity index (χ1v) is 8.01. The standard InChI is InChI=1S/C17H25N5O/c1-2-23-13-5-10-20-17(18)21-12-11-19-16-9-8-14-6-3-4-7-15(14)22-16/h3-4,6-9H,2,5,10-13H2,1H3,(H,19,22)(H3,18,20,21). The third-order valence-electron chi connectivity index (χ3n) is 3.27. The smallest absolute Gasteiger partial charge is 0.188 e. The number of ether oxygens (including phenoxy) is 1. The molecule has 1 aromatic carbocycles. The van der Waals surface area contributed by atoms with Gasteiger partial charge in [0.15, 0.2) is 5.96 Å². The lowest BCUT2D eigenvalue weighted by atomic mass is 10.2. The molecule has 23 heavy (non-hydrogen) atoms. The molecule has 4 N–H and O–H groups in total. The van der Waals surface area contributed by atoms with Gasteiger partial charge in [0, 0.05) is 38.2 Å². The Morgan fingerprint density at radius 3 is 2.96 bits per heavy atom. The minimum Gasteiger partial charge on any atom is -0.382 e. The molecule has 0 aliphatic carbocycles. The molecule has 6 nitrogen and oxygen atoms in total. The zero-order valence-electron chi connectivity index (χ0n) is 13.6. The van der Waals surface area contributed by atoms with Crippen molar-refractivity contribution < 1.29 is 4.74 Å². The first-order chi connectivity index (χ1) is 11.3. The van der Waals surface area contributed by atoms with Crippen LogP contribution in [0, 0.1) is 0 Å². The van der Waals surface area contributed by atoms with Crippen LogP contribution in [0.1, 0.15) is 13.3 Å². The van der Waals surface area contributed by atoms with Crippen LogP contribution in [0.25, 0.3) is 10.9 Å². The normalized spacial score (nSPS) is 11.6. The summed E-state index contributed by atoms with van der Waals surface area (Å²) in [7, 11) is 0. The first-order valence-electron chi connectivity index (χ1n) is 8.01. The maximum Gasteiger partial charge on any atom is 0.188 e. The molecule has 1 aromatic heterocycles. The minimum atomic E-state index is 0.467. The van der Waals surface area contributed by atoms with Crippen molar-refractivity contribution in [3.8, 4) is 0 Å². The van der Waals surface area contributed by atoms with E-state index in [0.29, 0.717) is 19.0 Å². The fraction of sp³-hybridized carbons (Fsp3) is 0.412. The maximum absolute atomic E-state index is 5.80. The monoisotopic (exact) mass is 315 g/mol. The zero-order valence-corrected chi connectivity index (χ0v) is 13.6. The number of guanidine groups is 1. The van der Waals surface area contributed by atoms with E-state index in [-0.39, 0.29) is 0 Å². The second-order valence-electron chi connectivity index (χ2n) is 5.06. The molecule has 2 aromatic rings. The fourth-order valence-corrected chi connectivity index (χ4v) is 2.11. The van der Waals surface area contributed by atoms with Crippen LogP contribution in [0.4, 0.5) is 5.82 Å². The Balaban J connectivity index is 1.66. The summed E-state index contributed by atoms with van der Waals surface area (Å²) in [5.74, 6) is 1.33. The summed E-state index contributed by atoms with van der Waals surface area (Å²) >= 11 is 0. The molecule has 0 aliphatic heterocycles. The third-order valence-corrected chi connectivity index (χ3v) is 3.27. The van der Waals surface area contributed by atoms with Gasteiger partial charge in [-0.25, -0.2) is 4.98 Å². The molecule has 0 spiro atoms. The molecule has 0 radical (unpaired) electrons. The van der Waals surface area contributed by atoms with Crippen molar-refractivity contribution in [3.05, 3.63) is 36.4 Å². The fourth-order valence-electron chi connectivity index (χ4n) is 2.11. The highest BCUT2D eigenvalue weighted by Gasteiger charge is 1.97. The average Bonchev–Trinajstić information content (AvgIpc) is 2.58. The van der Waals surface area contributed by atoms with E-state index in [1.807, 2.05) is 31.2 Å². The quantitative estimate of drug-likeness (QED) is 0.374. The number of nitrogens with one attached hydrogen (secondary N) is 2. The Bertz CT molecular complexity index is 629. The lowest BCUT2D eigenvalue weighted by molar-refractivity contribution is 0.146. The lowest BCUT2D eigenvalue weighted by Crippen LogP contribution is -2.35. The van der Waals surface area contributed by atoms with Crippen LogP contribution in [0.5, 0.6) is 0 Å². The summed E-state index contributed by atoms with van der Waals surface area (Å²) < 4.78 is 5.25. The number of benzene rings is 1. The molecule has 6 heteroatoms. The molecular formula is C17H25N5O. The van der Waals surface area contributed by atoms with Crippen LogP contribution in [-0.2, 0) is 4.74 Å². The number of pyridine rings is 1. The molecule has 0 unspecified atom stereocenters. The molecule has 0 atom stereocenters. The molecule has 2 rings (SSSR count). The number of hydrogen-bond acceptors (Lipinski definition) is 4. The Hall–Kier alpha value is -2.34. The Morgan fingerprint density at radius 2 is 2.09 bits per heavy atom. The van der Waals surface area contributed by atoms with Crippen LogP contribution in [-0.4, -0.2) is 43.8 Å². The summed E-state index contributed by atoms with van der Waals surface area (Å²) in [6.45, 7) is 5.54. The first kappa shape index (κ1) is 17.0. The zero-order chi connectivity index (χ0) is 16.3. The predicted molar refractivity (Wildman–Crippen MR) is 95.8 cm³/mol. The van der Waals surface area contributed by atoms with E-state index >= 15 is 0 Å². The van der Waals surface area contributed by atoms with E-state index in [4.69, 9.17) is 10.5 Å². The molecule has 0 aliphatic rings. The maximum atomic E-state index is 5.80. The third kappa shape index (κ3) is 6.12. The molecule has 0 bridgehead atoms. The molecular weight excluding hydrogens is 290 g/mol. The summed E-state index contributed by atoms with van der Waals surface area (Å²) in [4.78, 5) is 8.80. The van der Waals surface area contributed by atoms with E-state index in [0.717, 1.165) is 42.9 Å². The van der Waals surface area contributed by atoms with Crippen molar-refractivity contribution >= 4 is 22.7 Å². The number of rotatable bonds is 9. The molecule has 124 valence electrons. The van der Waals surface area contributed by atoms with Gasteiger partial charge in [0.1, 0.15) is 5.82 Å². The van der Waals surface area contributed by atoms with Crippen molar-refractivity contribution in [3.63, 3.8) is 0 Å². The van der Waals surface area contributed by atoms with Gasteiger partial charge in [0.25, 0.3) is 0 Å². The second-order valence-corrected chi connectivity index (χ2v) is 5.06. The summed E-state index contributed by atoms with van der Waals surface area (Å²) in [6.07, 6.45) is 0.884. The van der Waals surface area contributed by atoms with Gasteiger partial charge in [-0.05, 0) is 31.5 Å². The second kappa shape index (κ2) is 9.63. The molecule has 1 heterocycles. The number of fused-ring (bicyclic) bond motifs is 1. The average molecular weight is 315 g/mol. The van der Waals surface area contributed by atoms with Gasteiger partial charge in [-0.15, -0.1) is 0 Å². The SMILES string of the molecule is CCOCCCN=C(N)NCCNc1ccc2ccccc2n1. The molecule has 0 saturated heterocycles. The summed E-state index contributed by atoms with van der Waals surface area (Å²) in [5.41, 5.74) is 6.78. The van der Waals surface area contributed by atoms with Crippen molar-refractivity contribution in [2.45, 2.75) is 13.3 Å². The Morgan fingerprint density at radius 1 is 1.22 bits per heavy atom. The van der Waals surface area contributed by atoms with Crippen molar-refractivity contribution in [1.82, 2.24) is 10.3 Å². The van der Waals surface area contributed by atoms with Crippen molar-refractivity contribution in [2.75, 3.05) is 38.2 Å². The van der Waals surface area contributed by atoms with Gasteiger partial charge < -0.3 is 21.1 Å². The number of nitrogens with two attached hydrogens (primary N) is 1. The predicted octanol–water partition coefficient (Wildman–Crippen LogP) is 1.98. The van der Waals surface area contributed by atoms with E-state index in [1.54, 1.807) is 0 Å². The van der Waals surface area contributed by atoms with Crippen LogP contribution in [0.3, 0.4) is 0 Å². The van der Waals surface area contributed by atoms with Gasteiger partial charge >= 0.3 is 0 Å². The largest absolute Gasteiger partial charge is 0.382 e. The van der Waals surface area contributed by atoms with Gasteiger partial charge in [0.05, 0.1) is 5.52 Å². The highest BCUT2D eigenvalue weighted by atomic mass is 16.5. The number of para-hydroxylation sites is 1. The Labute approximate surface area is 137 Å². The minimum absolute atomic E-state index is 0.467. The van der Waals surface area contributed by atoms with Crippen LogP contribution >= 0.6 is 0 Å². The highest BCUT2D eigenvalue weighted by Crippen LogP contribution is 2.13. The topological polar surface area (TPSA) is 84.6 Å². The van der Waals surface area contributed by atoms with Crippen molar-refractivity contribution in [1.29, 1.82) is 0 Å². The number of anilines is 1. The van der Waals surface area contributed by atoms with Gasteiger partial charge in [-0.3, -0.25) is 4.99 Å². The number of nitrogens with zero attached hydrogens (tertiary/aromatic N) is 2. The van der Waals surface area contributed by atoms with Crippen molar-refractivity contribution in [2.24, 2.45) is 10.7 Å². The number of aliphatic imine (C=N–C) groups is 1. The van der Waals surface area contributed by atoms with E-state index in [1.165, 1.54) is 0 Å². The number of aromatic nitrogens is 1. The van der Waals surface area contributed by atoms with E-state index < -0.39 is 0 Å². The summed E-state index contributed by atoms with van der Waals surface area (Å²) in [6, 6.07) is 12.1. The van der Waals surface area contributed by atoms with Crippen LogP contribution < -0.4 is 16.4 Å². The van der Waals surface area contributed by atoms with Gasteiger partial charge in [0.2, 0.25) is 0 Å².